The fourth-order valence-electron chi connectivity index (χ4n) is 3.11. The van der Waals surface area contributed by atoms with Gasteiger partial charge >= 0.3 is 0 Å². The number of nitrogens with one attached hydrogen (secondary N) is 1. The monoisotopic (exact) mass is 410 g/mol. The first-order chi connectivity index (χ1) is 15.0. The Hall–Kier alpha value is -4.37. The van der Waals surface area contributed by atoms with Crippen LogP contribution < -0.4 is 16.0 Å². The number of benzene rings is 3. The number of nitrogens with zero attached hydrogens (tertiary/aromatic N) is 2. The van der Waals surface area contributed by atoms with E-state index in [1.165, 1.54) is 18.0 Å². The van der Waals surface area contributed by atoms with Crippen LogP contribution in [0.25, 0.3) is 0 Å². The largest absolute Gasteiger partial charge is 0.399 e. The molecule has 0 spiro atoms. The van der Waals surface area contributed by atoms with Gasteiger partial charge in [0, 0.05) is 24.5 Å². The summed E-state index contributed by atoms with van der Waals surface area (Å²) in [5.41, 5.74) is 8.32. The van der Waals surface area contributed by atoms with Crippen molar-refractivity contribution < 1.29 is 9.59 Å². The molecule has 0 unspecified atom stereocenters. The van der Waals surface area contributed by atoms with Gasteiger partial charge in [-0.1, -0.05) is 60.7 Å². The van der Waals surface area contributed by atoms with Gasteiger partial charge < -0.3 is 11.1 Å². The smallest absolute Gasteiger partial charge is 0.264 e. The van der Waals surface area contributed by atoms with Crippen molar-refractivity contribution in [3.05, 3.63) is 108 Å². The summed E-state index contributed by atoms with van der Waals surface area (Å²) in [4.78, 5) is 26.4. The van der Waals surface area contributed by atoms with E-state index >= 15 is 0 Å². The molecule has 0 aliphatic carbocycles. The molecule has 0 fully saturated rings. The molecule has 0 heterocycles. The molecule has 154 valence electrons. The van der Waals surface area contributed by atoms with Crippen LogP contribution in [0.5, 0.6) is 0 Å². The highest BCUT2D eigenvalue weighted by Gasteiger charge is 2.21. The number of rotatable bonds is 6. The normalized spacial score (nSPS) is 10.9. The van der Waals surface area contributed by atoms with E-state index in [2.05, 4.69) is 5.32 Å². The number of carbonyl (C=O) groups excluding carboxylic acids is 2. The molecule has 0 aliphatic heterocycles. The molecule has 3 rings (SSSR count). The maximum absolute atomic E-state index is 13.0. The zero-order chi connectivity index (χ0) is 22.2. The minimum atomic E-state index is -0.582. The summed E-state index contributed by atoms with van der Waals surface area (Å²) in [5.74, 6) is -0.921. The maximum Gasteiger partial charge on any atom is 0.264 e. The second-order valence-electron chi connectivity index (χ2n) is 6.86. The van der Waals surface area contributed by atoms with E-state index in [4.69, 9.17) is 5.73 Å². The van der Waals surface area contributed by atoms with Gasteiger partial charge in [0.15, 0.2) is 0 Å². The number of hydrogen-bond acceptors (Lipinski definition) is 4. The van der Waals surface area contributed by atoms with E-state index in [0.717, 1.165) is 11.1 Å². The van der Waals surface area contributed by atoms with Crippen LogP contribution in [0, 0.1) is 11.3 Å². The molecular weight excluding hydrogens is 388 g/mol. The molecule has 0 aromatic heterocycles. The molecule has 3 aromatic rings. The lowest BCUT2D eigenvalue weighted by atomic mass is 9.98. The second kappa shape index (κ2) is 9.90. The predicted molar refractivity (Wildman–Crippen MR) is 121 cm³/mol. The highest BCUT2D eigenvalue weighted by Crippen LogP contribution is 2.23. The van der Waals surface area contributed by atoms with Crippen LogP contribution in [0.15, 0.2) is 96.7 Å². The lowest BCUT2D eigenvalue weighted by Crippen LogP contribution is -2.32. The van der Waals surface area contributed by atoms with Crippen LogP contribution in [0.2, 0.25) is 0 Å². The lowest BCUT2D eigenvalue weighted by molar-refractivity contribution is -0.117. The average molecular weight is 410 g/mol. The Morgan fingerprint density at radius 1 is 0.935 bits per heavy atom. The van der Waals surface area contributed by atoms with Crippen molar-refractivity contribution in [3.8, 4) is 6.07 Å². The lowest BCUT2D eigenvalue weighted by Gasteiger charge is -2.21. The summed E-state index contributed by atoms with van der Waals surface area (Å²) >= 11 is 0. The van der Waals surface area contributed by atoms with Crippen LogP contribution in [0.1, 0.15) is 24.1 Å². The third-order valence-electron chi connectivity index (χ3n) is 4.68. The van der Waals surface area contributed by atoms with Crippen LogP contribution in [-0.2, 0) is 9.59 Å². The quantitative estimate of drug-likeness (QED) is 0.365. The SMILES string of the molecule is CC(=O)N(/C=C(/C#N)C(=O)NC(c1ccccc1)c1ccccc1)c1ccc(N)cc1. The Morgan fingerprint density at radius 3 is 1.90 bits per heavy atom. The fraction of sp³-hybridized carbons (Fsp3) is 0.0800. The van der Waals surface area contributed by atoms with Gasteiger partial charge in [0.1, 0.15) is 11.6 Å². The minimum absolute atomic E-state index is 0.191. The Balaban J connectivity index is 1.93. The van der Waals surface area contributed by atoms with Crippen molar-refractivity contribution in [3.63, 3.8) is 0 Å². The molecule has 0 radical (unpaired) electrons. The Morgan fingerprint density at radius 2 is 1.45 bits per heavy atom. The molecule has 0 aliphatic rings. The first kappa shape index (κ1) is 21.3. The summed E-state index contributed by atoms with van der Waals surface area (Å²) < 4.78 is 0. The molecule has 3 N–H and O–H groups in total. The van der Waals surface area contributed by atoms with Crippen LogP contribution in [0.4, 0.5) is 11.4 Å². The minimum Gasteiger partial charge on any atom is -0.399 e. The van der Waals surface area contributed by atoms with E-state index < -0.39 is 11.9 Å². The highest BCUT2D eigenvalue weighted by molar-refractivity contribution is 6.01. The van der Waals surface area contributed by atoms with E-state index in [1.54, 1.807) is 24.3 Å². The highest BCUT2D eigenvalue weighted by atomic mass is 16.2. The fourth-order valence-corrected chi connectivity index (χ4v) is 3.11. The van der Waals surface area contributed by atoms with Crippen LogP contribution in [-0.4, -0.2) is 11.8 Å². The van der Waals surface area contributed by atoms with Gasteiger partial charge in [-0.15, -0.1) is 0 Å². The number of hydrogen-bond donors (Lipinski definition) is 2. The molecule has 2 amide bonds. The van der Waals surface area contributed by atoms with Gasteiger partial charge in [0.2, 0.25) is 5.91 Å². The predicted octanol–water partition coefficient (Wildman–Crippen LogP) is 3.93. The molecule has 31 heavy (non-hydrogen) atoms. The van der Waals surface area contributed by atoms with Gasteiger partial charge in [-0.2, -0.15) is 5.26 Å². The number of anilines is 2. The molecule has 6 heteroatoms. The van der Waals surface area contributed by atoms with Gasteiger partial charge in [0.25, 0.3) is 5.91 Å². The number of nitriles is 1. The molecule has 0 bridgehead atoms. The van der Waals surface area contributed by atoms with Gasteiger partial charge in [-0.25, -0.2) is 0 Å². The molecule has 6 nitrogen and oxygen atoms in total. The van der Waals surface area contributed by atoms with Crippen molar-refractivity contribution in [1.29, 1.82) is 5.26 Å². The van der Waals surface area contributed by atoms with Gasteiger partial charge in [-0.3, -0.25) is 14.5 Å². The third kappa shape index (κ3) is 5.37. The zero-order valence-corrected chi connectivity index (χ0v) is 17.0. The number of nitrogens with two attached hydrogens (primary N) is 1. The second-order valence-corrected chi connectivity index (χ2v) is 6.86. The topological polar surface area (TPSA) is 99.2 Å². The molecule has 0 atom stereocenters. The van der Waals surface area contributed by atoms with Crippen molar-refractivity contribution >= 4 is 23.2 Å². The van der Waals surface area contributed by atoms with Crippen molar-refractivity contribution in [2.24, 2.45) is 0 Å². The first-order valence-electron chi connectivity index (χ1n) is 9.67. The molecule has 0 saturated carbocycles. The van der Waals surface area contributed by atoms with E-state index in [9.17, 15) is 14.9 Å². The van der Waals surface area contributed by atoms with Crippen molar-refractivity contribution in [1.82, 2.24) is 5.32 Å². The summed E-state index contributed by atoms with van der Waals surface area (Å²) in [7, 11) is 0. The zero-order valence-electron chi connectivity index (χ0n) is 17.0. The van der Waals surface area contributed by atoms with Crippen LogP contribution >= 0.6 is 0 Å². The van der Waals surface area contributed by atoms with E-state index in [1.807, 2.05) is 66.7 Å². The van der Waals surface area contributed by atoms with Crippen LogP contribution in [0.3, 0.4) is 0 Å². The van der Waals surface area contributed by atoms with Gasteiger partial charge in [0.05, 0.1) is 6.04 Å². The standard InChI is InChI=1S/C25H22N4O2/c1-18(30)29(23-14-12-22(27)13-15-23)17-21(16-26)25(31)28-24(19-8-4-2-5-9-19)20-10-6-3-7-11-20/h2-15,17,24H,27H2,1H3,(H,28,31)/b21-17-. The number of amides is 2. The van der Waals surface area contributed by atoms with Gasteiger partial charge in [-0.05, 0) is 35.4 Å². The first-order valence-corrected chi connectivity index (χ1v) is 9.67. The maximum atomic E-state index is 13.0. The van der Waals surface area contributed by atoms with E-state index in [0.29, 0.717) is 11.4 Å². The van der Waals surface area contributed by atoms with Crippen molar-refractivity contribution in [2.75, 3.05) is 10.6 Å². The third-order valence-corrected chi connectivity index (χ3v) is 4.68. The number of nitrogen functional groups attached to an aromatic ring is 1. The summed E-state index contributed by atoms with van der Waals surface area (Å²) in [6.07, 6.45) is 1.25. The molecule has 3 aromatic carbocycles. The summed E-state index contributed by atoms with van der Waals surface area (Å²) in [5, 5.41) is 12.6. The Kier molecular flexibility index (Phi) is 6.82. The number of carbonyl (C=O) groups is 2. The Labute approximate surface area is 181 Å². The molecular formula is C25H22N4O2. The van der Waals surface area contributed by atoms with Crippen molar-refractivity contribution in [2.45, 2.75) is 13.0 Å². The van der Waals surface area contributed by atoms with E-state index in [-0.39, 0.29) is 11.5 Å². The Bertz CT molecular complexity index is 1080. The average Bonchev–Trinajstić information content (AvgIpc) is 2.80. The molecule has 0 saturated heterocycles. The summed E-state index contributed by atoms with van der Waals surface area (Å²) in [6.45, 7) is 1.36. The summed E-state index contributed by atoms with van der Waals surface area (Å²) in [6, 6.07) is 27.0.